The van der Waals surface area contributed by atoms with Crippen LogP contribution < -0.4 is 5.32 Å². The fraction of sp³-hybridized carbons (Fsp3) is 1.00. The normalized spacial score (nSPS) is 41.5. The van der Waals surface area contributed by atoms with Crippen molar-refractivity contribution in [2.75, 3.05) is 31.1 Å². The maximum atomic E-state index is 11.5. The Bertz CT molecular complexity index is 382. The van der Waals surface area contributed by atoms with Gasteiger partial charge in [-0.3, -0.25) is 0 Å². The van der Waals surface area contributed by atoms with Gasteiger partial charge in [-0.25, -0.2) is 8.42 Å². The smallest absolute Gasteiger partial charge is 0.151 e. The Morgan fingerprint density at radius 3 is 2.76 bits per heavy atom. The number of hydrogen-bond acceptors (Lipinski definition) is 4. The van der Waals surface area contributed by atoms with E-state index in [0.29, 0.717) is 17.5 Å². The van der Waals surface area contributed by atoms with Crippen LogP contribution in [0.15, 0.2) is 0 Å². The average Bonchev–Trinajstić information content (AvgIpc) is 2.83. The summed E-state index contributed by atoms with van der Waals surface area (Å²) in [6.45, 7) is 2.81. The molecule has 3 unspecified atom stereocenters. The van der Waals surface area contributed by atoms with Gasteiger partial charge in [-0.15, -0.1) is 0 Å². The molecule has 1 N–H and O–H groups in total. The Hall–Kier alpha value is -0.130. The molecule has 17 heavy (non-hydrogen) atoms. The van der Waals surface area contributed by atoms with Crippen molar-refractivity contribution >= 4 is 9.84 Å². The lowest BCUT2D eigenvalue weighted by Gasteiger charge is -2.27. The lowest BCUT2D eigenvalue weighted by molar-refractivity contribution is 0.224. The standard InChI is InChI=1S/C12H22N2O2S/c15-17(16)6-1-4-14(5-7-17)9-10-8-11-2-3-12(10)13-11/h10-13H,1-9H2. The van der Waals surface area contributed by atoms with Crippen molar-refractivity contribution in [1.29, 1.82) is 0 Å². The largest absolute Gasteiger partial charge is 0.311 e. The second-order valence-electron chi connectivity index (χ2n) is 5.85. The van der Waals surface area contributed by atoms with Gasteiger partial charge in [0.25, 0.3) is 0 Å². The van der Waals surface area contributed by atoms with Gasteiger partial charge in [0.2, 0.25) is 0 Å². The summed E-state index contributed by atoms with van der Waals surface area (Å²) in [5, 5.41) is 3.65. The summed E-state index contributed by atoms with van der Waals surface area (Å²) in [5.74, 6) is 1.51. The van der Waals surface area contributed by atoms with Crippen molar-refractivity contribution < 1.29 is 8.42 Å². The predicted molar refractivity (Wildman–Crippen MR) is 67.8 cm³/mol. The third-order valence-electron chi connectivity index (χ3n) is 4.57. The van der Waals surface area contributed by atoms with E-state index in [1.807, 2.05) is 0 Å². The molecule has 0 aromatic heterocycles. The highest BCUT2D eigenvalue weighted by Gasteiger charge is 2.39. The van der Waals surface area contributed by atoms with Gasteiger partial charge >= 0.3 is 0 Å². The Morgan fingerprint density at radius 1 is 1.18 bits per heavy atom. The van der Waals surface area contributed by atoms with Crippen molar-refractivity contribution in [1.82, 2.24) is 10.2 Å². The molecule has 0 spiro atoms. The molecule has 3 aliphatic heterocycles. The van der Waals surface area contributed by atoms with Crippen molar-refractivity contribution in [2.45, 2.75) is 37.8 Å². The van der Waals surface area contributed by atoms with E-state index < -0.39 is 9.84 Å². The number of hydrogen-bond donors (Lipinski definition) is 1. The SMILES string of the molecule is O=S1(=O)CCCN(CC2CC3CCC2N3)CC1. The van der Waals surface area contributed by atoms with Gasteiger partial charge < -0.3 is 10.2 Å². The van der Waals surface area contributed by atoms with Crippen LogP contribution in [0.4, 0.5) is 0 Å². The van der Waals surface area contributed by atoms with E-state index >= 15 is 0 Å². The van der Waals surface area contributed by atoms with E-state index in [2.05, 4.69) is 10.2 Å². The highest BCUT2D eigenvalue weighted by molar-refractivity contribution is 7.91. The fourth-order valence-corrected chi connectivity index (χ4v) is 4.95. The Kier molecular flexibility index (Phi) is 3.17. The average molecular weight is 258 g/mol. The van der Waals surface area contributed by atoms with Gasteiger partial charge in [0.1, 0.15) is 0 Å². The van der Waals surface area contributed by atoms with Crippen LogP contribution in [0.1, 0.15) is 25.7 Å². The molecule has 98 valence electrons. The first-order valence-electron chi connectivity index (χ1n) is 6.81. The highest BCUT2D eigenvalue weighted by atomic mass is 32.2. The van der Waals surface area contributed by atoms with Crippen LogP contribution in [0.5, 0.6) is 0 Å². The second-order valence-corrected chi connectivity index (χ2v) is 8.15. The summed E-state index contributed by atoms with van der Waals surface area (Å²) < 4.78 is 23.1. The van der Waals surface area contributed by atoms with E-state index in [1.165, 1.54) is 19.3 Å². The zero-order valence-corrected chi connectivity index (χ0v) is 11.1. The second kappa shape index (κ2) is 4.52. The van der Waals surface area contributed by atoms with Gasteiger partial charge in [-0.05, 0) is 38.1 Å². The highest BCUT2D eigenvalue weighted by Crippen LogP contribution is 2.33. The molecular weight excluding hydrogens is 236 g/mol. The quantitative estimate of drug-likeness (QED) is 0.771. The number of fused-ring (bicyclic) bond motifs is 2. The van der Waals surface area contributed by atoms with E-state index in [1.54, 1.807) is 0 Å². The molecule has 2 bridgehead atoms. The van der Waals surface area contributed by atoms with Crippen molar-refractivity contribution in [3.05, 3.63) is 0 Å². The molecule has 0 aromatic rings. The predicted octanol–water partition coefficient (Wildman–Crippen LogP) is 0.247. The van der Waals surface area contributed by atoms with E-state index in [4.69, 9.17) is 0 Å². The molecule has 3 fully saturated rings. The Morgan fingerprint density at radius 2 is 2.06 bits per heavy atom. The number of sulfone groups is 1. The van der Waals surface area contributed by atoms with Gasteiger partial charge in [0.05, 0.1) is 11.5 Å². The Labute approximate surface area is 104 Å². The minimum absolute atomic E-state index is 0.362. The van der Waals surface area contributed by atoms with E-state index in [9.17, 15) is 8.42 Å². The molecule has 0 amide bonds. The molecule has 3 rings (SSSR count). The third kappa shape index (κ3) is 2.66. The van der Waals surface area contributed by atoms with Gasteiger partial charge in [-0.1, -0.05) is 0 Å². The molecule has 3 aliphatic rings. The first kappa shape index (κ1) is 11.9. The van der Waals surface area contributed by atoms with E-state index in [0.717, 1.165) is 38.0 Å². The fourth-order valence-electron chi connectivity index (χ4n) is 3.64. The third-order valence-corrected chi connectivity index (χ3v) is 6.29. The summed E-state index contributed by atoms with van der Waals surface area (Å²) in [6, 6.07) is 1.46. The summed E-state index contributed by atoms with van der Waals surface area (Å²) in [7, 11) is -2.75. The molecule has 0 aromatic carbocycles. The van der Waals surface area contributed by atoms with Crippen LogP contribution in [-0.2, 0) is 9.84 Å². The van der Waals surface area contributed by atoms with Crippen LogP contribution in [-0.4, -0.2) is 56.5 Å². The lowest BCUT2D eigenvalue weighted by Crippen LogP contribution is -2.36. The molecule has 0 aliphatic carbocycles. The zero-order chi connectivity index (χ0) is 11.9. The summed E-state index contributed by atoms with van der Waals surface area (Å²) in [6.07, 6.45) is 4.78. The summed E-state index contributed by atoms with van der Waals surface area (Å²) in [5.41, 5.74) is 0. The number of rotatable bonds is 2. The topological polar surface area (TPSA) is 49.4 Å². The zero-order valence-electron chi connectivity index (χ0n) is 10.3. The van der Waals surface area contributed by atoms with Crippen molar-refractivity contribution in [3.8, 4) is 0 Å². The van der Waals surface area contributed by atoms with Gasteiger partial charge in [0.15, 0.2) is 9.84 Å². The van der Waals surface area contributed by atoms with E-state index in [-0.39, 0.29) is 0 Å². The molecule has 4 nitrogen and oxygen atoms in total. The van der Waals surface area contributed by atoms with Crippen LogP contribution in [0.25, 0.3) is 0 Å². The Balaban J connectivity index is 1.55. The minimum Gasteiger partial charge on any atom is -0.311 e. The van der Waals surface area contributed by atoms with Gasteiger partial charge in [0, 0.05) is 25.2 Å². The molecule has 3 saturated heterocycles. The van der Waals surface area contributed by atoms with Crippen molar-refractivity contribution in [3.63, 3.8) is 0 Å². The van der Waals surface area contributed by atoms with Crippen LogP contribution in [0.2, 0.25) is 0 Å². The molecule has 3 heterocycles. The first-order chi connectivity index (χ1) is 8.12. The molecule has 0 radical (unpaired) electrons. The molecule has 3 atom stereocenters. The summed E-state index contributed by atoms with van der Waals surface area (Å²) in [4.78, 5) is 2.37. The van der Waals surface area contributed by atoms with Crippen LogP contribution in [0, 0.1) is 5.92 Å². The van der Waals surface area contributed by atoms with Crippen LogP contribution >= 0.6 is 0 Å². The summed E-state index contributed by atoms with van der Waals surface area (Å²) >= 11 is 0. The van der Waals surface area contributed by atoms with Crippen LogP contribution in [0.3, 0.4) is 0 Å². The minimum atomic E-state index is -2.75. The van der Waals surface area contributed by atoms with Crippen molar-refractivity contribution in [2.24, 2.45) is 5.92 Å². The molecule has 5 heteroatoms. The molecular formula is C12H22N2O2S. The lowest BCUT2D eigenvalue weighted by atomic mass is 9.89. The maximum absolute atomic E-state index is 11.5. The maximum Gasteiger partial charge on any atom is 0.151 e. The first-order valence-corrected chi connectivity index (χ1v) is 8.63. The number of nitrogens with one attached hydrogen (secondary N) is 1. The molecule has 0 saturated carbocycles. The number of nitrogens with zero attached hydrogens (tertiary/aromatic N) is 1. The van der Waals surface area contributed by atoms with Gasteiger partial charge in [-0.2, -0.15) is 0 Å². The monoisotopic (exact) mass is 258 g/mol.